The minimum Gasteiger partial charge on any atom is -0.326 e. The maximum atomic E-state index is 11.2. The smallest absolute Gasteiger partial charge is 0.249 e. The molecule has 0 bridgehead atoms. The van der Waals surface area contributed by atoms with Crippen LogP contribution in [0.15, 0.2) is 17.1 Å². The molecule has 0 spiro atoms. The predicted octanol–water partition coefficient (Wildman–Crippen LogP) is 2.33. The highest BCUT2D eigenvalue weighted by molar-refractivity contribution is 7.71. The molecule has 0 unspecified atom stereocenters. The average Bonchev–Trinajstić information content (AvgIpc) is 2.24. The fourth-order valence-electron chi connectivity index (χ4n) is 1.36. The number of rotatable bonds is 0. The van der Waals surface area contributed by atoms with Gasteiger partial charge in [-0.15, -0.1) is 0 Å². The number of aryl methyl sites for hydroxylation is 2. The molecule has 2 aromatic heterocycles. The van der Waals surface area contributed by atoms with Gasteiger partial charge in [-0.1, -0.05) is 13.8 Å². The van der Waals surface area contributed by atoms with Crippen molar-refractivity contribution < 1.29 is 0 Å². The topological polar surface area (TPSA) is 50.7 Å². The zero-order valence-electron chi connectivity index (χ0n) is 9.87. The summed E-state index contributed by atoms with van der Waals surface area (Å²) in [5.74, 6) is 0. The third kappa shape index (κ3) is 2.36. The fraction of sp³-hybridized carbons (Fsp3) is 0.364. The maximum Gasteiger partial charge on any atom is 0.249 e. The van der Waals surface area contributed by atoms with Crippen molar-refractivity contribution in [2.45, 2.75) is 20.8 Å². The quantitative estimate of drug-likeness (QED) is 0.715. The van der Waals surface area contributed by atoms with Crippen molar-refractivity contribution in [1.29, 1.82) is 0 Å². The van der Waals surface area contributed by atoms with E-state index in [0.29, 0.717) is 10.4 Å². The molecule has 0 saturated heterocycles. The summed E-state index contributed by atoms with van der Waals surface area (Å²) in [6, 6.07) is 1.55. The van der Waals surface area contributed by atoms with Crippen molar-refractivity contribution in [2.24, 2.45) is 7.05 Å². The second-order valence-corrected chi connectivity index (χ2v) is 3.58. The van der Waals surface area contributed by atoms with Crippen LogP contribution in [0.1, 0.15) is 19.4 Å². The van der Waals surface area contributed by atoms with Gasteiger partial charge in [-0.3, -0.25) is 4.79 Å². The molecule has 1 N–H and O–H groups in total. The first-order valence-corrected chi connectivity index (χ1v) is 5.56. The van der Waals surface area contributed by atoms with E-state index in [2.05, 4.69) is 9.97 Å². The van der Waals surface area contributed by atoms with Crippen LogP contribution in [0.4, 0.5) is 0 Å². The Morgan fingerprint density at radius 2 is 2.06 bits per heavy atom. The van der Waals surface area contributed by atoms with Gasteiger partial charge in [-0.05, 0) is 24.7 Å². The van der Waals surface area contributed by atoms with E-state index in [1.807, 2.05) is 34.0 Å². The fourth-order valence-corrected chi connectivity index (χ4v) is 1.50. The van der Waals surface area contributed by atoms with Gasteiger partial charge in [0, 0.05) is 24.7 Å². The van der Waals surface area contributed by atoms with Crippen LogP contribution in [-0.4, -0.2) is 14.5 Å². The van der Waals surface area contributed by atoms with Gasteiger partial charge in [-0.2, -0.15) is 0 Å². The third-order valence-electron chi connectivity index (χ3n) is 2.10. The van der Waals surface area contributed by atoms with Gasteiger partial charge in [0.15, 0.2) is 0 Å². The largest absolute Gasteiger partial charge is 0.326 e. The van der Waals surface area contributed by atoms with Crippen LogP contribution in [0.25, 0.3) is 11.0 Å². The standard InChI is InChI=1S/C9H9N3OS.C2H6/c1-5-3-7(13)10-8-6(5)4-12(2)9(14)11-8;1-2/h3-4H,1-2H3,(H,10,11,13,14);1-2H3. The Morgan fingerprint density at radius 3 is 2.69 bits per heavy atom. The number of hydrogen-bond acceptors (Lipinski definition) is 3. The van der Waals surface area contributed by atoms with Gasteiger partial charge in [0.05, 0.1) is 0 Å². The summed E-state index contributed by atoms with van der Waals surface area (Å²) in [5, 5.41) is 0.917. The lowest BCUT2D eigenvalue weighted by molar-refractivity contribution is 0.855. The van der Waals surface area contributed by atoms with Gasteiger partial charge >= 0.3 is 0 Å². The molecule has 86 valence electrons. The summed E-state index contributed by atoms with van der Waals surface area (Å²) in [5.41, 5.74) is 1.31. The van der Waals surface area contributed by atoms with Crippen molar-refractivity contribution in [3.63, 3.8) is 0 Å². The Kier molecular flexibility index (Phi) is 3.95. The number of fused-ring (bicyclic) bond motifs is 1. The highest BCUT2D eigenvalue weighted by Gasteiger charge is 2.01. The van der Waals surface area contributed by atoms with Crippen LogP contribution in [0.3, 0.4) is 0 Å². The molecule has 0 aliphatic heterocycles. The molecule has 2 rings (SSSR count). The van der Waals surface area contributed by atoms with Crippen LogP contribution in [0.2, 0.25) is 0 Å². The number of H-pyrrole nitrogens is 1. The minimum absolute atomic E-state index is 0.147. The Balaban J connectivity index is 0.000000606. The number of nitrogens with zero attached hydrogens (tertiary/aromatic N) is 2. The molecule has 5 heteroatoms. The molecule has 0 fully saturated rings. The van der Waals surface area contributed by atoms with Crippen molar-refractivity contribution >= 4 is 23.3 Å². The van der Waals surface area contributed by atoms with Crippen LogP contribution in [0, 0.1) is 11.7 Å². The van der Waals surface area contributed by atoms with Crippen molar-refractivity contribution in [3.8, 4) is 0 Å². The summed E-state index contributed by atoms with van der Waals surface area (Å²) in [6.07, 6.45) is 1.87. The molecule has 0 aliphatic carbocycles. The molecule has 0 saturated carbocycles. The molecule has 0 radical (unpaired) electrons. The van der Waals surface area contributed by atoms with Crippen molar-refractivity contribution in [1.82, 2.24) is 14.5 Å². The summed E-state index contributed by atoms with van der Waals surface area (Å²) < 4.78 is 2.21. The number of pyridine rings is 1. The Labute approximate surface area is 99.0 Å². The van der Waals surface area contributed by atoms with E-state index in [9.17, 15) is 4.79 Å². The second kappa shape index (κ2) is 5.03. The summed E-state index contributed by atoms with van der Waals surface area (Å²) in [6.45, 7) is 5.88. The van der Waals surface area contributed by atoms with Gasteiger partial charge in [0.1, 0.15) is 5.65 Å². The van der Waals surface area contributed by atoms with Crippen molar-refractivity contribution in [3.05, 3.63) is 33.0 Å². The molecule has 0 amide bonds. The van der Waals surface area contributed by atoms with E-state index in [1.165, 1.54) is 0 Å². The Hall–Kier alpha value is -1.49. The summed E-state index contributed by atoms with van der Waals surface area (Å²) in [4.78, 5) is 17.9. The maximum absolute atomic E-state index is 11.2. The minimum atomic E-state index is -0.147. The van der Waals surface area contributed by atoms with Crippen LogP contribution >= 0.6 is 12.2 Å². The molecular formula is C11H15N3OS. The predicted molar refractivity (Wildman–Crippen MR) is 68.3 cm³/mol. The lowest BCUT2D eigenvalue weighted by atomic mass is 10.2. The molecule has 0 aliphatic rings. The molecular weight excluding hydrogens is 222 g/mol. The van der Waals surface area contributed by atoms with E-state index in [1.54, 1.807) is 10.6 Å². The van der Waals surface area contributed by atoms with Crippen molar-refractivity contribution in [2.75, 3.05) is 0 Å². The van der Waals surface area contributed by atoms with Gasteiger partial charge < -0.3 is 9.55 Å². The van der Waals surface area contributed by atoms with E-state index in [4.69, 9.17) is 12.2 Å². The molecule has 16 heavy (non-hydrogen) atoms. The first-order chi connectivity index (χ1) is 7.58. The summed E-state index contributed by atoms with van der Waals surface area (Å²) in [7, 11) is 1.83. The third-order valence-corrected chi connectivity index (χ3v) is 2.48. The number of nitrogens with one attached hydrogen (secondary N) is 1. The van der Waals surface area contributed by atoms with Gasteiger partial charge in [0.25, 0.3) is 0 Å². The molecule has 2 aromatic rings. The zero-order chi connectivity index (χ0) is 12.3. The number of aromatic amines is 1. The number of hydrogen-bond donors (Lipinski definition) is 1. The van der Waals surface area contributed by atoms with E-state index in [-0.39, 0.29) is 5.56 Å². The lowest BCUT2D eigenvalue weighted by Gasteiger charge is -2.03. The van der Waals surface area contributed by atoms with Gasteiger partial charge in [-0.25, -0.2) is 4.98 Å². The second-order valence-electron chi connectivity index (χ2n) is 3.21. The SMILES string of the molecule is CC.Cc1cc(=O)[nH]c2nc(=S)n(C)cc12. The average molecular weight is 237 g/mol. The van der Waals surface area contributed by atoms with E-state index in [0.717, 1.165) is 10.9 Å². The van der Waals surface area contributed by atoms with Gasteiger partial charge in [0.2, 0.25) is 10.3 Å². The van der Waals surface area contributed by atoms with E-state index < -0.39 is 0 Å². The normalized spacial score (nSPS) is 9.75. The monoisotopic (exact) mass is 237 g/mol. The highest BCUT2D eigenvalue weighted by atomic mass is 32.1. The molecule has 2 heterocycles. The molecule has 4 nitrogen and oxygen atoms in total. The van der Waals surface area contributed by atoms with Crippen LogP contribution in [0.5, 0.6) is 0 Å². The Bertz CT molecular complexity index is 613. The molecule has 0 atom stereocenters. The van der Waals surface area contributed by atoms with Crippen LogP contribution in [-0.2, 0) is 7.05 Å². The van der Waals surface area contributed by atoms with E-state index >= 15 is 0 Å². The first kappa shape index (κ1) is 12.6. The molecule has 0 aromatic carbocycles. The Morgan fingerprint density at radius 1 is 1.44 bits per heavy atom. The van der Waals surface area contributed by atoms with Crippen LogP contribution < -0.4 is 5.56 Å². The lowest BCUT2D eigenvalue weighted by Crippen LogP contribution is -2.08. The zero-order valence-corrected chi connectivity index (χ0v) is 10.7. The first-order valence-electron chi connectivity index (χ1n) is 5.15. The highest BCUT2D eigenvalue weighted by Crippen LogP contribution is 2.10. The summed E-state index contributed by atoms with van der Waals surface area (Å²) >= 11 is 5.00. The number of aromatic nitrogens is 3.